The highest BCUT2D eigenvalue weighted by Crippen LogP contribution is 2.29. The molecule has 1 amide bonds. The third kappa shape index (κ3) is 5.45. The highest BCUT2D eigenvalue weighted by Gasteiger charge is 2.20. The molecule has 0 unspecified atom stereocenters. The van der Waals surface area contributed by atoms with Crippen molar-refractivity contribution in [1.29, 1.82) is 0 Å². The Morgan fingerprint density at radius 3 is 2.41 bits per heavy atom. The van der Waals surface area contributed by atoms with Gasteiger partial charge in [-0.1, -0.05) is 36.4 Å². The molecule has 32 heavy (non-hydrogen) atoms. The number of methoxy groups -OCH3 is 2. The molecule has 7 nitrogen and oxygen atoms in total. The Bertz CT molecular complexity index is 1080. The fourth-order valence-corrected chi connectivity index (χ4v) is 4.12. The van der Waals surface area contributed by atoms with Crippen molar-refractivity contribution in [3.8, 4) is 22.1 Å². The van der Waals surface area contributed by atoms with Crippen LogP contribution in [0.15, 0.2) is 48.5 Å². The van der Waals surface area contributed by atoms with Crippen LogP contribution in [0.1, 0.15) is 27.9 Å². The predicted molar refractivity (Wildman–Crippen MR) is 123 cm³/mol. The highest BCUT2D eigenvalue weighted by molar-refractivity contribution is 7.17. The summed E-state index contributed by atoms with van der Waals surface area (Å²) in [5.74, 6) is 0.392. The van der Waals surface area contributed by atoms with E-state index in [0.29, 0.717) is 35.2 Å². The van der Waals surface area contributed by atoms with Crippen LogP contribution in [0.2, 0.25) is 0 Å². The van der Waals surface area contributed by atoms with Crippen LogP contribution in [0.25, 0.3) is 10.6 Å². The standard InChI is InChI=1S/C24H26N2O5S/c1-5-26(14-17-11-12-19(29-3)20(13-17)30-4)21(27)15-31-24(28)22-16(2)25-23(32-22)18-9-7-6-8-10-18/h6-13H,5,14-15H2,1-4H3. The van der Waals surface area contributed by atoms with Gasteiger partial charge in [-0.2, -0.15) is 0 Å². The van der Waals surface area contributed by atoms with Crippen LogP contribution < -0.4 is 9.47 Å². The minimum atomic E-state index is -0.544. The summed E-state index contributed by atoms with van der Waals surface area (Å²) < 4.78 is 15.9. The van der Waals surface area contributed by atoms with E-state index >= 15 is 0 Å². The molecule has 0 bridgehead atoms. The molecule has 3 rings (SSSR count). The Hall–Kier alpha value is -3.39. The van der Waals surface area contributed by atoms with Gasteiger partial charge in [-0.3, -0.25) is 4.79 Å². The first kappa shape index (κ1) is 23.3. The number of hydrogen-bond donors (Lipinski definition) is 0. The zero-order chi connectivity index (χ0) is 23.1. The number of esters is 1. The number of amides is 1. The summed E-state index contributed by atoms with van der Waals surface area (Å²) in [6.45, 7) is 4.14. The Morgan fingerprint density at radius 1 is 1.03 bits per heavy atom. The molecule has 0 aliphatic heterocycles. The lowest BCUT2D eigenvalue weighted by atomic mass is 10.2. The van der Waals surface area contributed by atoms with Crippen LogP contribution in [0, 0.1) is 6.92 Å². The number of benzene rings is 2. The van der Waals surface area contributed by atoms with Crippen molar-refractivity contribution in [3.63, 3.8) is 0 Å². The van der Waals surface area contributed by atoms with Crippen LogP contribution in [-0.4, -0.2) is 49.1 Å². The first-order valence-corrected chi connectivity index (χ1v) is 11.0. The third-order valence-corrected chi connectivity index (χ3v) is 6.07. The van der Waals surface area contributed by atoms with Gasteiger partial charge < -0.3 is 19.1 Å². The number of nitrogens with zero attached hydrogens (tertiary/aromatic N) is 2. The van der Waals surface area contributed by atoms with E-state index in [-0.39, 0.29) is 12.5 Å². The number of thiazole rings is 1. The van der Waals surface area contributed by atoms with E-state index < -0.39 is 5.97 Å². The smallest absolute Gasteiger partial charge is 0.350 e. The molecule has 1 aromatic heterocycles. The van der Waals surface area contributed by atoms with E-state index in [9.17, 15) is 9.59 Å². The Labute approximate surface area is 191 Å². The summed E-state index contributed by atoms with van der Waals surface area (Å²) in [5, 5.41) is 0.741. The molecule has 0 fully saturated rings. The van der Waals surface area contributed by atoms with Crippen LogP contribution in [0.4, 0.5) is 0 Å². The van der Waals surface area contributed by atoms with Gasteiger partial charge in [0.2, 0.25) is 0 Å². The monoisotopic (exact) mass is 454 g/mol. The van der Waals surface area contributed by atoms with Gasteiger partial charge in [0.15, 0.2) is 18.1 Å². The number of aryl methyl sites for hydroxylation is 1. The first-order chi connectivity index (χ1) is 15.5. The maximum Gasteiger partial charge on any atom is 0.350 e. The van der Waals surface area contributed by atoms with Crippen molar-refractivity contribution in [2.24, 2.45) is 0 Å². The lowest BCUT2D eigenvalue weighted by Crippen LogP contribution is -2.34. The average molecular weight is 455 g/mol. The molecular formula is C24H26N2O5S. The van der Waals surface area contributed by atoms with Gasteiger partial charge in [-0.15, -0.1) is 11.3 Å². The van der Waals surface area contributed by atoms with Crippen molar-refractivity contribution in [1.82, 2.24) is 9.88 Å². The molecule has 0 N–H and O–H groups in total. The molecule has 0 aliphatic rings. The summed E-state index contributed by atoms with van der Waals surface area (Å²) in [7, 11) is 3.13. The van der Waals surface area contributed by atoms with Crippen molar-refractivity contribution in [3.05, 3.63) is 64.7 Å². The lowest BCUT2D eigenvalue weighted by molar-refractivity contribution is -0.134. The summed E-state index contributed by atoms with van der Waals surface area (Å²) in [6, 6.07) is 15.1. The second kappa shape index (κ2) is 10.8. The number of likely N-dealkylation sites (N-methyl/N-ethyl adjacent to an activating group) is 1. The van der Waals surface area contributed by atoms with Crippen LogP contribution in [0.5, 0.6) is 11.5 Å². The second-order valence-electron chi connectivity index (χ2n) is 6.97. The number of ether oxygens (including phenoxy) is 3. The molecule has 2 aromatic carbocycles. The third-order valence-electron chi connectivity index (χ3n) is 4.89. The van der Waals surface area contributed by atoms with Gasteiger partial charge in [-0.25, -0.2) is 9.78 Å². The van der Waals surface area contributed by atoms with Gasteiger partial charge in [0, 0.05) is 18.7 Å². The van der Waals surface area contributed by atoms with Gasteiger partial charge in [0.05, 0.1) is 19.9 Å². The zero-order valence-corrected chi connectivity index (χ0v) is 19.4. The van der Waals surface area contributed by atoms with Gasteiger partial charge >= 0.3 is 5.97 Å². The van der Waals surface area contributed by atoms with Crippen molar-refractivity contribution in [2.75, 3.05) is 27.4 Å². The van der Waals surface area contributed by atoms with Gasteiger partial charge in [-0.05, 0) is 31.5 Å². The molecule has 0 radical (unpaired) electrons. The van der Waals surface area contributed by atoms with Crippen molar-refractivity contribution >= 4 is 23.2 Å². The number of carbonyl (C=O) groups excluding carboxylic acids is 2. The van der Waals surface area contributed by atoms with E-state index in [2.05, 4.69) is 4.98 Å². The molecule has 0 spiro atoms. The number of aromatic nitrogens is 1. The van der Waals surface area contributed by atoms with Crippen LogP contribution >= 0.6 is 11.3 Å². The predicted octanol–water partition coefficient (Wildman–Crippen LogP) is 4.34. The quantitative estimate of drug-likeness (QED) is 0.448. The Morgan fingerprint density at radius 2 is 1.75 bits per heavy atom. The molecule has 0 saturated carbocycles. The maximum absolute atomic E-state index is 12.7. The van der Waals surface area contributed by atoms with Crippen molar-refractivity contribution in [2.45, 2.75) is 20.4 Å². The van der Waals surface area contributed by atoms with Gasteiger partial charge in [0.25, 0.3) is 5.91 Å². The normalized spacial score (nSPS) is 10.5. The van der Waals surface area contributed by atoms with E-state index in [4.69, 9.17) is 14.2 Å². The van der Waals surface area contributed by atoms with E-state index in [1.54, 1.807) is 32.1 Å². The maximum atomic E-state index is 12.7. The molecule has 168 valence electrons. The zero-order valence-electron chi connectivity index (χ0n) is 18.6. The minimum absolute atomic E-state index is 0.277. The second-order valence-corrected chi connectivity index (χ2v) is 7.97. The molecule has 0 aliphatic carbocycles. The summed E-state index contributed by atoms with van der Waals surface area (Å²) in [4.78, 5) is 31.8. The number of rotatable bonds is 9. The molecule has 1 heterocycles. The Balaban J connectivity index is 1.63. The fourth-order valence-electron chi connectivity index (χ4n) is 3.15. The van der Waals surface area contributed by atoms with Crippen molar-refractivity contribution < 1.29 is 23.8 Å². The van der Waals surface area contributed by atoms with Crippen LogP contribution in [0.3, 0.4) is 0 Å². The molecular weight excluding hydrogens is 428 g/mol. The van der Waals surface area contributed by atoms with Crippen LogP contribution in [-0.2, 0) is 16.1 Å². The van der Waals surface area contributed by atoms with E-state index in [1.807, 2.05) is 49.4 Å². The average Bonchev–Trinajstić information content (AvgIpc) is 3.22. The van der Waals surface area contributed by atoms with E-state index in [1.165, 1.54) is 11.3 Å². The largest absolute Gasteiger partial charge is 0.493 e. The topological polar surface area (TPSA) is 78.0 Å². The number of carbonyl (C=O) groups is 2. The minimum Gasteiger partial charge on any atom is -0.493 e. The van der Waals surface area contributed by atoms with E-state index in [0.717, 1.165) is 16.1 Å². The lowest BCUT2D eigenvalue weighted by Gasteiger charge is -2.21. The SMILES string of the molecule is CCN(Cc1ccc(OC)c(OC)c1)C(=O)COC(=O)c1sc(-c2ccccc2)nc1C. The highest BCUT2D eigenvalue weighted by atomic mass is 32.1. The summed E-state index contributed by atoms with van der Waals surface area (Å²) >= 11 is 1.26. The first-order valence-electron chi connectivity index (χ1n) is 10.2. The number of hydrogen-bond acceptors (Lipinski definition) is 7. The fraction of sp³-hybridized carbons (Fsp3) is 0.292. The molecule has 0 atom stereocenters. The molecule has 0 saturated heterocycles. The summed E-state index contributed by atoms with van der Waals surface area (Å²) in [6.07, 6.45) is 0. The Kier molecular flexibility index (Phi) is 7.83. The summed E-state index contributed by atoms with van der Waals surface area (Å²) in [5.41, 5.74) is 2.40. The molecule has 8 heteroatoms. The molecule has 3 aromatic rings. The van der Waals surface area contributed by atoms with Gasteiger partial charge in [0.1, 0.15) is 9.88 Å².